The molecule has 0 aromatic heterocycles. The van der Waals surface area contributed by atoms with Gasteiger partial charge in [0.25, 0.3) is 0 Å². The smallest absolute Gasteiger partial charge is 0.407 e. The Hall–Kier alpha value is -1.55. The third-order valence-electron chi connectivity index (χ3n) is 3.07. The fraction of sp³-hybridized carbons (Fsp3) is 0.533. The molecular formula is C15H23NO3. The third-order valence-corrected chi connectivity index (χ3v) is 3.07. The number of amides is 1. The molecule has 1 atom stereocenters. The van der Waals surface area contributed by atoms with Crippen molar-refractivity contribution in [1.82, 2.24) is 5.32 Å². The Morgan fingerprint density at radius 2 is 2.05 bits per heavy atom. The van der Waals surface area contributed by atoms with E-state index >= 15 is 0 Å². The van der Waals surface area contributed by atoms with Crippen LogP contribution in [-0.2, 0) is 11.3 Å². The Labute approximate surface area is 114 Å². The molecule has 0 fully saturated rings. The molecule has 1 aromatic rings. The number of benzene rings is 1. The zero-order chi connectivity index (χ0) is 14.1. The molecule has 19 heavy (non-hydrogen) atoms. The fourth-order valence-electron chi connectivity index (χ4n) is 1.86. The lowest BCUT2D eigenvalue weighted by Gasteiger charge is -2.26. The normalized spacial score (nSPS) is 13.6. The van der Waals surface area contributed by atoms with Gasteiger partial charge in [-0.15, -0.1) is 0 Å². The van der Waals surface area contributed by atoms with Crippen molar-refractivity contribution in [3.63, 3.8) is 0 Å². The molecular weight excluding hydrogens is 242 g/mol. The lowest BCUT2D eigenvalue weighted by molar-refractivity contribution is 0.0433. The van der Waals surface area contributed by atoms with Crippen LogP contribution >= 0.6 is 0 Å². The molecule has 0 aliphatic heterocycles. The van der Waals surface area contributed by atoms with Gasteiger partial charge < -0.3 is 15.2 Å². The molecule has 0 aliphatic carbocycles. The zero-order valence-corrected chi connectivity index (χ0v) is 11.7. The molecule has 0 saturated heterocycles. The van der Waals surface area contributed by atoms with Crippen LogP contribution in [0.5, 0.6) is 0 Å². The standard InChI is InChI=1S/C15H23NO3/c1-3-9-15(2,11-17)12-19-14(18)16-10-13-7-5-4-6-8-13/h4-8,17H,3,9-12H2,1-2H3,(H,16,18)/t15-/m0/s1. The number of aliphatic hydroxyl groups is 1. The van der Waals surface area contributed by atoms with Crippen molar-refractivity contribution >= 4 is 6.09 Å². The summed E-state index contributed by atoms with van der Waals surface area (Å²) in [5, 5.41) is 12.0. The van der Waals surface area contributed by atoms with E-state index in [0.717, 1.165) is 18.4 Å². The highest BCUT2D eigenvalue weighted by atomic mass is 16.5. The van der Waals surface area contributed by atoms with Gasteiger partial charge in [0.05, 0.1) is 6.61 Å². The average Bonchev–Trinajstić information content (AvgIpc) is 2.44. The van der Waals surface area contributed by atoms with Crippen LogP contribution in [0.3, 0.4) is 0 Å². The number of carbonyl (C=O) groups is 1. The number of aliphatic hydroxyl groups excluding tert-OH is 1. The van der Waals surface area contributed by atoms with Gasteiger partial charge in [-0.1, -0.05) is 50.6 Å². The zero-order valence-electron chi connectivity index (χ0n) is 11.7. The molecule has 0 saturated carbocycles. The van der Waals surface area contributed by atoms with E-state index in [2.05, 4.69) is 5.32 Å². The summed E-state index contributed by atoms with van der Waals surface area (Å²) in [6, 6.07) is 9.66. The molecule has 0 unspecified atom stereocenters. The summed E-state index contributed by atoms with van der Waals surface area (Å²) in [6.07, 6.45) is 1.33. The van der Waals surface area contributed by atoms with Gasteiger partial charge in [-0.2, -0.15) is 0 Å². The van der Waals surface area contributed by atoms with Crippen LogP contribution in [0, 0.1) is 5.41 Å². The van der Waals surface area contributed by atoms with E-state index in [1.807, 2.05) is 44.2 Å². The number of hydrogen-bond acceptors (Lipinski definition) is 3. The summed E-state index contributed by atoms with van der Waals surface area (Å²) in [6.45, 7) is 4.67. The van der Waals surface area contributed by atoms with Gasteiger partial charge in [-0.3, -0.25) is 0 Å². The minimum absolute atomic E-state index is 0.0206. The second-order valence-corrected chi connectivity index (χ2v) is 5.13. The van der Waals surface area contributed by atoms with E-state index in [9.17, 15) is 9.90 Å². The number of hydrogen-bond donors (Lipinski definition) is 2. The molecule has 0 radical (unpaired) electrons. The van der Waals surface area contributed by atoms with E-state index in [4.69, 9.17) is 4.74 Å². The van der Waals surface area contributed by atoms with Gasteiger partial charge in [-0.05, 0) is 12.0 Å². The van der Waals surface area contributed by atoms with Crippen molar-refractivity contribution in [2.75, 3.05) is 13.2 Å². The second kappa shape index (κ2) is 7.79. The molecule has 2 N–H and O–H groups in total. The van der Waals surface area contributed by atoms with Crippen molar-refractivity contribution in [2.45, 2.75) is 33.2 Å². The summed E-state index contributed by atoms with van der Waals surface area (Å²) in [4.78, 5) is 11.6. The monoisotopic (exact) mass is 265 g/mol. The van der Waals surface area contributed by atoms with Gasteiger partial charge in [0.1, 0.15) is 6.61 Å². The van der Waals surface area contributed by atoms with E-state index in [1.165, 1.54) is 0 Å². The number of rotatable bonds is 7. The maximum atomic E-state index is 11.6. The van der Waals surface area contributed by atoms with Crippen LogP contribution in [0.4, 0.5) is 4.79 Å². The van der Waals surface area contributed by atoms with Gasteiger partial charge in [0.2, 0.25) is 0 Å². The Bertz CT molecular complexity index is 380. The van der Waals surface area contributed by atoms with Gasteiger partial charge in [-0.25, -0.2) is 4.79 Å². The van der Waals surface area contributed by atoms with Crippen molar-refractivity contribution in [3.05, 3.63) is 35.9 Å². The Morgan fingerprint density at radius 1 is 1.37 bits per heavy atom. The van der Waals surface area contributed by atoms with Gasteiger partial charge in [0.15, 0.2) is 0 Å². The average molecular weight is 265 g/mol. The predicted molar refractivity (Wildman–Crippen MR) is 74.7 cm³/mol. The first kappa shape index (κ1) is 15.5. The second-order valence-electron chi connectivity index (χ2n) is 5.13. The van der Waals surface area contributed by atoms with Crippen LogP contribution in [0.25, 0.3) is 0 Å². The molecule has 1 aromatic carbocycles. The largest absolute Gasteiger partial charge is 0.449 e. The Morgan fingerprint density at radius 3 is 2.63 bits per heavy atom. The Kier molecular flexibility index (Phi) is 6.36. The van der Waals surface area contributed by atoms with Crippen LogP contribution < -0.4 is 5.32 Å². The lowest BCUT2D eigenvalue weighted by atomic mass is 9.88. The molecule has 1 amide bonds. The Balaban J connectivity index is 2.31. The highest BCUT2D eigenvalue weighted by Crippen LogP contribution is 2.22. The molecule has 1 rings (SSSR count). The minimum Gasteiger partial charge on any atom is -0.449 e. The van der Waals surface area contributed by atoms with Crippen LogP contribution in [0.15, 0.2) is 30.3 Å². The quantitative estimate of drug-likeness (QED) is 0.797. The molecule has 0 spiro atoms. The van der Waals surface area contributed by atoms with Crippen molar-refractivity contribution < 1.29 is 14.6 Å². The summed E-state index contributed by atoms with van der Waals surface area (Å²) in [5.74, 6) is 0. The van der Waals surface area contributed by atoms with Crippen molar-refractivity contribution in [2.24, 2.45) is 5.41 Å². The molecule has 106 valence electrons. The van der Waals surface area contributed by atoms with Crippen molar-refractivity contribution in [3.8, 4) is 0 Å². The first-order chi connectivity index (χ1) is 9.09. The molecule has 0 heterocycles. The predicted octanol–water partition coefficient (Wildman–Crippen LogP) is 2.71. The molecule has 0 bridgehead atoms. The summed E-state index contributed by atoms with van der Waals surface area (Å²) < 4.78 is 5.16. The van der Waals surface area contributed by atoms with Crippen LogP contribution in [0.2, 0.25) is 0 Å². The molecule has 0 aliphatic rings. The number of alkyl carbamates (subject to hydrolysis) is 1. The SMILES string of the molecule is CCC[C@@](C)(CO)COC(=O)NCc1ccccc1. The lowest BCUT2D eigenvalue weighted by Crippen LogP contribution is -2.32. The van der Waals surface area contributed by atoms with Crippen LogP contribution in [0.1, 0.15) is 32.3 Å². The first-order valence-corrected chi connectivity index (χ1v) is 6.65. The topological polar surface area (TPSA) is 58.6 Å². The van der Waals surface area contributed by atoms with Crippen LogP contribution in [-0.4, -0.2) is 24.4 Å². The number of ether oxygens (including phenoxy) is 1. The minimum atomic E-state index is -0.445. The van der Waals surface area contributed by atoms with Gasteiger partial charge in [0, 0.05) is 12.0 Å². The summed E-state index contributed by atoms with van der Waals surface area (Å²) in [5.41, 5.74) is 0.677. The summed E-state index contributed by atoms with van der Waals surface area (Å²) in [7, 11) is 0. The highest BCUT2D eigenvalue weighted by Gasteiger charge is 2.24. The number of carbonyl (C=O) groups excluding carboxylic acids is 1. The maximum absolute atomic E-state index is 11.6. The van der Waals surface area contributed by atoms with E-state index in [1.54, 1.807) is 0 Å². The number of nitrogens with one attached hydrogen (secondary N) is 1. The van der Waals surface area contributed by atoms with E-state index in [0.29, 0.717) is 6.54 Å². The summed E-state index contributed by atoms with van der Waals surface area (Å²) >= 11 is 0. The van der Waals surface area contributed by atoms with Gasteiger partial charge >= 0.3 is 6.09 Å². The third kappa shape index (κ3) is 5.75. The van der Waals surface area contributed by atoms with E-state index in [-0.39, 0.29) is 18.6 Å². The van der Waals surface area contributed by atoms with Crippen molar-refractivity contribution in [1.29, 1.82) is 0 Å². The highest BCUT2D eigenvalue weighted by molar-refractivity contribution is 5.67. The molecule has 4 heteroatoms. The first-order valence-electron chi connectivity index (χ1n) is 6.65. The molecule has 4 nitrogen and oxygen atoms in total. The van der Waals surface area contributed by atoms with E-state index < -0.39 is 6.09 Å². The fourth-order valence-corrected chi connectivity index (χ4v) is 1.86. The maximum Gasteiger partial charge on any atom is 0.407 e.